The summed E-state index contributed by atoms with van der Waals surface area (Å²) in [7, 11) is 1.72. The van der Waals surface area contributed by atoms with Crippen LogP contribution in [0.15, 0.2) is 48.8 Å². The van der Waals surface area contributed by atoms with Crippen molar-refractivity contribution >= 4 is 17.8 Å². The number of anilines is 2. The Morgan fingerprint density at radius 1 is 1.22 bits per heavy atom. The molecule has 1 amide bonds. The number of rotatable bonds is 7. The molecule has 2 atom stereocenters. The van der Waals surface area contributed by atoms with Gasteiger partial charge in [-0.15, -0.1) is 0 Å². The van der Waals surface area contributed by atoms with Gasteiger partial charge in [0.05, 0.1) is 24.9 Å². The predicted octanol–water partition coefficient (Wildman–Crippen LogP) is 1.84. The quantitative estimate of drug-likeness (QED) is 0.489. The highest BCUT2D eigenvalue weighted by Gasteiger charge is 2.38. The zero-order valence-corrected chi connectivity index (χ0v) is 20.9. The Labute approximate surface area is 215 Å². The van der Waals surface area contributed by atoms with Crippen LogP contribution in [0.1, 0.15) is 31.4 Å². The maximum absolute atomic E-state index is 12.8. The van der Waals surface area contributed by atoms with Crippen LogP contribution in [-0.4, -0.2) is 80.8 Å². The maximum Gasteiger partial charge on any atom is 0.256 e. The number of hydrogen-bond donors (Lipinski definition) is 2. The van der Waals surface area contributed by atoms with Gasteiger partial charge in [0.1, 0.15) is 6.10 Å². The Hall–Kier alpha value is -3.83. The Balaban J connectivity index is 1.29. The zero-order valence-electron chi connectivity index (χ0n) is 20.9. The molecule has 11 heteroatoms. The van der Waals surface area contributed by atoms with Gasteiger partial charge < -0.3 is 30.1 Å². The third kappa shape index (κ3) is 5.47. The maximum atomic E-state index is 12.8. The van der Waals surface area contributed by atoms with E-state index in [-0.39, 0.29) is 30.0 Å². The van der Waals surface area contributed by atoms with Gasteiger partial charge >= 0.3 is 0 Å². The summed E-state index contributed by atoms with van der Waals surface area (Å²) >= 11 is 0. The van der Waals surface area contributed by atoms with Crippen LogP contribution in [0.3, 0.4) is 0 Å². The average Bonchev–Trinajstić information content (AvgIpc) is 2.90. The first kappa shape index (κ1) is 24.8. The molecule has 2 aliphatic rings. The number of aliphatic hydroxyl groups is 1. The smallest absolute Gasteiger partial charge is 0.256 e. The molecule has 0 spiro atoms. The van der Waals surface area contributed by atoms with Crippen molar-refractivity contribution in [2.75, 3.05) is 37.4 Å². The van der Waals surface area contributed by atoms with E-state index in [1.165, 1.54) is 0 Å². The lowest BCUT2D eigenvalue weighted by molar-refractivity contribution is -0.144. The minimum absolute atomic E-state index is 0.0265. The lowest BCUT2D eigenvalue weighted by Crippen LogP contribution is -2.51. The number of aliphatic hydroxyl groups excluding tert-OH is 1. The van der Waals surface area contributed by atoms with Gasteiger partial charge in [0.15, 0.2) is 6.10 Å². The Morgan fingerprint density at radius 3 is 2.65 bits per heavy atom. The molecular formula is C26H31N7O4. The molecule has 2 aromatic heterocycles. The first-order valence-corrected chi connectivity index (χ1v) is 12.4. The standard InChI is InChI=1S/C26H31N7O4/c1-16-15-36-9-8-33(16)26-30-21(18-13-28-25(27)29-14-18)12-22(31-26)37-20-10-19(11-20)32(2)24(35)23(34)17-6-4-3-5-7-17/h3-7,12-14,16,19-20,23,34H,8-11,15H2,1-2H3,(H2,27,28,29)/t16-,19-,20-,23-/m0/s1. The second-order valence-corrected chi connectivity index (χ2v) is 9.47. The van der Waals surface area contributed by atoms with Crippen molar-refractivity contribution in [1.82, 2.24) is 24.8 Å². The molecule has 11 nitrogen and oxygen atoms in total. The number of benzene rings is 1. The second-order valence-electron chi connectivity index (χ2n) is 9.47. The van der Waals surface area contributed by atoms with E-state index in [1.54, 1.807) is 54.7 Å². The largest absolute Gasteiger partial charge is 0.474 e. The number of hydrogen-bond acceptors (Lipinski definition) is 10. The molecule has 3 heterocycles. The number of morpholine rings is 1. The van der Waals surface area contributed by atoms with E-state index in [4.69, 9.17) is 25.2 Å². The topological polar surface area (TPSA) is 140 Å². The molecule has 1 saturated carbocycles. The number of nitrogens with two attached hydrogens (primary N) is 1. The van der Waals surface area contributed by atoms with Crippen LogP contribution >= 0.6 is 0 Å². The molecule has 194 valence electrons. The van der Waals surface area contributed by atoms with Gasteiger partial charge in [-0.05, 0) is 12.5 Å². The summed E-state index contributed by atoms with van der Waals surface area (Å²) in [5.74, 6) is 0.852. The fraction of sp³-hybridized carbons (Fsp3) is 0.423. The monoisotopic (exact) mass is 505 g/mol. The van der Waals surface area contributed by atoms with Crippen LogP contribution in [0.4, 0.5) is 11.9 Å². The van der Waals surface area contributed by atoms with E-state index in [0.29, 0.717) is 61.2 Å². The minimum Gasteiger partial charge on any atom is -0.474 e. The lowest BCUT2D eigenvalue weighted by Gasteiger charge is -2.41. The molecule has 1 aliphatic carbocycles. The van der Waals surface area contributed by atoms with E-state index in [0.717, 1.165) is 0 Å². The van der Waals surface area contributed by atoms with E-state index >= 15 is 0 Å². The van der Waals surface area contributed by atoms with Crippen LogP contribution < -0.4 is 15.4 Å². The Kier molecular flexibility index (Phi) is 7.15. The second kappa shape index (κ2) is 10.7. The van der Waals surface area contributed by atoms with Crippen molar-refractivity contribution in [1.29, 1.82) is 0 Å². The van der Waals surface area contributed by atoms with Gasteiger partial charge in [-0.2, -0.15) is 4.98 Å². The van der Waals surface area contributed by atoms with Crippen LogP contribution in [0.5, 0.6) is 5.88 Å². The SMILES string of the molecule is C[C@H]1COCCN1c1nc(O[C@H]2C[C@H](N(C)C(=O)[C@@H](O)c3ccccc3)C2)cc(-c2cnc(N)nc2)n1. The van der Waals surface area contributed by atoms with Crippen molar-refractivity contribution in [3.63, 3.8) is 0 Å². The van der Waals surface area contributed by atoms with Gasteiger partial charge in [-0.3, -0.25) is 4.79 Å². The summed E-state index contributed by atoms with van der Waals surface area (Å²) in [6, 6.07) is 10.8. The summed E-state index contributed by atoms with van der Waals surface area (Å²) < 4.78 is 11.8. The highest BCUT2D eigenvalue weighted by molar-refractivity contribution is 5.82. The van der Waals surface area contributed by atoms with E-state index in [2.05, 4.69) is 21.8 Å². The van der Waals surface area contributed by atoms with Crippen LogP contribution in [0.2, 0.25) is 0 Å². The summed E-state index contributed by atoms with van der Waals surface area (Å²) in [6.07, 6.45) is 3.22. The summed E-state index contributed by atoms with van der Waals surface area (Å²) in [6.45, 7) is 3.92. The van der Waals surface area contributed by atoms with Gasteiger partial charge in [0.2, 0.25) is 17.8 Å². The molecule has 3 aromatic rings. The molecule has 1 aromatic carbocycles. The molecule has 2 fully saturated rings. The number of likely N-dealkylation sites (N-methyl/N-ethyl adjacent to an activating group) is 1. The number of aromatic nitrogens is 4. The fourth-order valence-corrected chi connectivity index (χ4v) is 4.52. The van der Waals surface area contributed by atoms with E-state index in [9.17, 15) is 9.90 Å². The first-order chi connectivity index (χ1) is 17.9. The number of nitrogen functional groups attached to an aromatic ring is 1. The van der Waals surface area contributed by atoms with Crippen molar-refractivity contribution in [3.05, 3.63) is 54.4 Å². The number of carbonyl (C=O) groups excluding carboxylic acids is 1. The van der Waals surface area contributed by atoms with Gasteiger partial charge in [-0.1, -0.05) is 30.3 Å². The molecular weight excluding hydrogens is 474 g/mol. The summed E-state index contributed by atoms with van der Waals surface area (Å²) in [5.41, 5.74) is 7.57. The zero-order chi connectivity index (χ0) is 25.9. The van der Waals surface area contributed by atoms with Crippen LogP contribution in [0, 0.1) is 0 Å². The molecule has 0 radical (unpaired) electrons. The molecule has 1 saturated heterocycles. The van der Waals surface area contributed by atoms with Crippen molar-refractivity contribution in [2.45, 2.75) is 44.1 Å². The molecule has 1 aliphatic heterocycles. The number of nitrogens with zero attached hydrogens (tertiary/aromatic N) is 6. The Bertz CT molecular complexity index is 1220. The minimum atomic E-state index is -1.18. The Morgan fingerprint density at radius 2 is 1.95 bits per heavy atom. The van der Waals surface area contributed by atoms with Gasteiger partial charge in [-0.25, -0.2) is 15.0 Å². The number of carbonyl (C=O) groups is 1. The normalized spacial score (nSPS) is 22.1. The highest BCUT2D eigenvalue weighted by atomic mass is 16.5. The lowest BCUT2D eigenvalue weighted by atomic mass is 9.87. The molecule has 0 bridgehead atoms. The fourth-order valence-electron chi connectivity index (χ4n) is 4.52. The van der Waals surface area contributed by atoms with Crippen LogP contribution in [0.25, 0.3) is 11.3 Å². The average molecular weight is 506 g/mol. The number of amides is 1. The number of ether oxygens (including phenoxy) is 2. The van der Waals surface area contributed by atoms with Gasteiger partial charge in [0.25, 0.3) is 5.91 Å². The molecule has 5 rings (SSSR count). The summed E-state index contributed by atoms with van der Waals surface area (Å²) in [5, 5.41) is 10.5. The van der Waals surface area contributed by atoms with Crippen molar-refractivity contribution < 1.29 is 19.4 Å². The molecule has 3 N–H and O–H groups in total. The van der Waals surface area contributed by atoms with Crippen LogP contribution in [-0.2, 0) is 9.53 Å². The predicted molar refractivity (Wildman–Crippen MR) is 137 cm³/mol. The molecule has 37 heavy (non-hydrogen) atoms. The third-order valence-corrected chi connectivity index (χ3v) is 6.88. The van der Waals surface area contributed by atoms with E-state index < -0.39 is 6.10 Å². The van der Waals surface area contributed by atoms with Crippen molar-refractivity contribution in [2.24, 2.45) is 0 Å². The van der Waals surface area contributed by atoms with Crippen molar-refractivity contribution in [3.8, 4) is 17.1 Å². The highest BCUT2D eigenvalue weighted by Crippen LogP contribution is 2.32. The van der Waals surface area contributed by atoms with E-state index in [1.807, 2.05) is 6.07 Å². The molecule has 0 unspecified atom stereocenters. The third-order valence-electron chi connectivity index (χ3n) is 6.88. The summed E-state index contributed by atoms with van der Waals surface area (Å²) in [4.78, 5) is 34.1. The first-order valence-electron chi connectivity index (χ1n) is 12.4. The van der Waals surface area contributed by atoms with Gasteiger partial charge in [0, 0.05) is 56.5 Å².